The second-order valence-corrected chi connectivity index (χ2v) is 5.98. The lowest BCUT2D eigenvalue weighted by atomic mass is 10.1. The highest BCUT2D eigenvalue weighted by Gasteiger charge is 2.27. The van der Waals surface area contributed by atoms with Crippen LogP contribution in [-0.2, 0) is 4.74 Å². The van der Waals surface area contributed by atoms with Gasteiger partial charge in [0.25, 0.3) is 5.91 Å². The number of ether oxygens (including phenoxy) is 1. The first-order valence-electron chi connectivity index (χ1n) is 6.85. The Bertz CT molecular complexity index is 526. The predicted molar refractivity (Wildman–Crippen MR) is 86.2 cm³/mol. The summed E-state index contributed by atoms with van der Waals surface area (Å²) in [6, 6.07) is 0. The SMILES string of the molecule is CCN(CCOC)c1sc(C(=O)C(C)C)c(N)c1C(N)=O. The van der Waals surface area contributed by atoms with E-state index in [0.29, 0.717) is 29.6 Å². The number of anilines is 2. The molecule has 0 unspecified atom stereocenters. The molecule has 21 heavy (non-hydrogen) atoms. The van der Waals surface area contributed by atoms with Gasteiger partial charge in [-0.05, 0) is 6.92 Å². The van der Waals surface area contributed by atoms with Gasteiger partial charge in [0, 0.05) is 26.1 Å². The van der Waals surface area contributed by atoms with Gasteiger partial charge in [-0.3, -0.25) is 9.59 Å². The Morgan fingerprint density at radius 2 is 2.00 bits per heavy atom. The lowest BCUT2D eigenvalue weighted by molar-refractivity contribution is 0.0944. The minimum atomic E-state index is -0.613. The molecule has 118 valence electrons. The third-order valence-corrected chi connectivity index (χ3v) is 4.44. The van der Waals surface area contributed by atoms with Crippen LogP contribution >= 0.6 is 11.3 Å². The monoisotopic (exact) mass is 313 g/mol. The van der Waals surface area contributed by atoms with Crippen LogP contribution in [0.25, 0.3) is 0 Å². The molecule has 1 amide bonds. The zero-order valence-corrected chi connectivity index (χ0v) is 13.8. The summed E-state index contributed by atoms with van der Waals surface area (Å²) in [7, 11) is 1.61. The number of amides is 1. The Morgan fingerprint density at radius 3 is 2.43 bits per heavy atom. The number of Topliss-reactive ketones (excluding diaryl/α,β-unsaturated/α-hetero) is 1. The van der Waals surface area contributed by atoms with E-state index in [9.17, 15) is 9.59 Å². The van der Waals surface area contributed by atoms with Crippen molar-refractivity contribution in [3.63, 3.8) is 0 Å². The molecule has 0 aromatic carbocycles. The first-order valence-corrected chi connectivity index (χ1v) is 7.66. The number of methoxy groups -OCH3 is 1. The van der Waals surface area contributed by atoms with Gasteiger partial charge in [-0.15, -0.1) is 11.3 Å². The number of nitrogens with two attached hydrogens (primary N) is 2. The fourth-order valence-electron chi connectivity index (χ4n) is 1.94. The van der Waals surface area contributed by atoms with Crippen LogP contribution in [0.4, 0.5) is 10.7 Å². The lowest BCUT2D eigenvalue weighted by Crippen LogP contribution is -2.28. The number of thiophene rings is 1. The molecule has 0 radical (unpaired) electrons. The first-order chi connectivity index (χ1) is 9.84. The van der Waals surface area contributed by atoms with Crippen molar-refractivity contribution in [1.82, 2.24) is 0 Å². The van der Waals surface area contributed by atoms with Gasteiger partial charge >= 0.3 is 0 Å². The van der Waals surface area contributed by atoms with Crippen molar-refractivity contribution in [1.29, 1.82) is 0 Å². The summed E-state index contributed by atoms with van der Waals surface area (Å²) >= 11 is 1.23. The summed E-state index contributed by atoms with van der Waals surface area (Å²) in [6.45, 7) is 7.33. The molecule has 0 aliphatic carbocycles. The normalized spacial score (nSPS) is 10.9. The number of primary amides is 1. The van der Waals surface area contributed by atoms with E-state index >= 15 is 0 Å². The number of nitrogen functional groups attached to an aromatic ring is 1. The molecule has 0 atom stereocenters. The van der Waals surface area contributed by atoms with Crippen molar-refractivity contribution in [2.45, 2.75) is 20.8 Å². The van der Waals surface area contributed by atoms with E-state index in [1.54, 1.807) is 21.0 Å². The number of carbonyl (C=O) groups is 2. The second-order valence-electron chi connectivity index (χ2n) is 4.98. The van der Waals surface area contributed by atoms with Gasteiger partial charge in [0.15, 0.2) is 5.78 Å². The van der Waals surface area contributed by atoms with E-state index in [0.717, 1.165) is 0 Å². The Morgan fingerprint density at radius 1 is 1.38 bits per heavy atom. The molecule has 0 bridgehead atoms. The third kappa shape index (κ3) is 3.74. The zero-order valence-electron chi connectivity index (χ0n) is 12.9. The van der Waals surface area contributed by atoms with Crippen LogP contribution in [0.2, 0.25) is 0 Å². The summed E-state index contributed by atoms with van der Waals surface area (Å²) in [5, 5.41) is 0.642. The van der Waals surface area contributed by atoms with E-state index in [2.05, 4.69) is 0 Å². The lowest BCUT2D eigenvalue weighted by Gasteiger charge is -2.21. The molecular formula is C14H23N3O3S. The highest BCUT2D eigenvalue weighted by atomic mass is 32.1. The molecule has 1 heterocycles. The van der Waals surface area contributed by atoms with Gasteiger partial charge in [0.05, 0.1) is 22.7 Å². The summed E-state index contributed by atoms with van der Waals surface area (Å²) in [4.78, 5) is 26.3. The highest BCUT2D eigenvalue weighted by molar-refractivity contribution is 7.19. The largest absolute Gasteiger partial charge is 0.397 e. The van der Waals surface area contributed by atoms with Crippen molar-refractivity contribution in [2.24, 2.45) is 11.7 Å². The van der Waals surface area contributed by atoms with Gasteiger partial charge < -0.3 is 21.1 Å². The Labute approximate surface area is 129 Å². The fraction of sp³-hybridized carbons (Fsp3) is 0.571. The van der Waals surface area contributed by atoms with Crippen LogP contribution in [0, 0.1) is 5.92 Å². The maximum Gasteiger partial charge on any atom is 0.253 e. The Balaban J connectivity index is 3.33. The van der Waals surface area contributed by atoms with Crippen molar-refractivity contribution in [3.05, 3.63) is 10.4 Å². The molecule has 0 saturated heterocycles. The van der Waals surface area contributed by atoms with Crippen molar-refractivity contribution in [3.8, 4) is 0 Å². The van der Waals surface area contributed by atoms with Crippen LogP contribution in [-0.4, -0.2) is 38.5 Å². The molecule has 1 rings (SSSR count). The fourth-order valence-corrected chi connectivity index (χ4v) is 3.35. The minimum absolute atomic E-state index is 0.0750. The number of rotatable bonds is 8. The Hall–Kier alpha value is -1.60. The quantitative estimate of drug-likeness (QED) is 0.712. The number of hydrogen-bond donors (Lipinski definition) is 2. The molecule has 1 aromatic heterocycles. The molecule has 6 nitrogen and oxygen atoms in total. The molecule has 0 aliphatic rings. The van der Waals surface area contributed by atoms with Crippen LogP contribution in [0.15, 0.2) is 0 Å². The van der Waals surface area contributed by atoms with Crippen LogP contribution in [0.1, 0.15) is 40.8 Å². The van der Waals surface area contributed by atoms with Crippen LogP contribution in [0.5, 0.6) is 0 Å². The van der Waals surface area contributed by atoms with Gasteiger partial charge in [-0.1, -0.05) is 13.8 Å². The van der Waals surface area contributed by atoms with E-state index in [4.69, 9.17) is 16.2 Å². The average molecular weight is 313 g/mol. The van der Waals surface area contributed by atoms with E-state index in [1.165, 1.54) is 11.3 Å². The highest BCUT2D eigenvalue weighted by Crippen LogP contribution is 2.39. The Kier molecular flexibility index (Phi) is 6.17. The maximum absolute atomic E-state index is 12.2. The van der Waals surface area contributed by atoms with Crippen LogP contribution in [0.3, 0.4) is 0 Å². The molecule has 0 saturated carbocycles. The second kappa shape index (κ2) is 7.42. The van der Waals surface area contributed by atoms with E-state index in [-0.39, 0.29) is 23.0 Å². The number of ketones is 1. The predicted octanol–water partition coefficient (Wildman–Crippen LogP) is 1.74. The summed E-state index contributed by atoms with van der Waals surface area (Å²) in [6.07, 6.45) is 0. The number of hydrogen-bond acceptors (Lipinski definition) is 6. The van der Waals surface area contributed by atoms with Gasteiger partial charge in [-0.2, -0.15) is 0 Å². The van der Waals surface area contributed by atoms with Gasteiger partial charge in [0.1, 0.15) is 5.00 Å². The zero-order chi connectivity index (χ0) is 16.2. The van der Waals surface area contributed by atoms with E-state index in [1.807, 2.05) is 11.8 Å². The van der Waals surface area contributed by atoms with Crippen molar-refractivity contribution >= 4 is 33.7 Å². The molecule has 4 N–H and O–H groups in total. The molecule has 7 heteroatoms. The molecule has 0 fully saturated rings. The van der Waals surface area contributed by atoms with Crippen molar-refractivity contribution < 1.29 is 14.3 Å². The topological polar surface area (TPSA) is 98.7 Å². The van der Waals surface area contributed by atoms with E-state index < -0.39 is 5.91 Å². The summed E-state index contributed by atoms with van der Waals surface area (Å²) < 4.78 is 5.07. The summed E-state index contributed by atoms with van der Waals surface area (Å²) in [5.41, 5.74) is 11.9. The molecule has 0 spiro atoms. The average Bonchev–Trinajstić information content (AvgIpc) is 2.76. The van der Waals surface area contributed by atoms with Crippen molar-refractivity contribution in [2.75, 3.05) is 37.4 Å². The maximum atomic E-state index is 12.2. The third-order valence-electron chi connectivity index (χ3n) is 3.16. The number of carbonyl (C=O) groups excluding carboxylic acids is 2. The van der Waals surface area contributed by atoms with Crippen LogP contribution < -0.4 is 16.4 Å². The van der Waals surface area contributed by atoms with Gasteiger partial charge in [0.2, 0.25) is 0 Å². The smallest absolute Gasteiger partial charge is 0.253 e. The first kappa shape index (κ1) is 17.5. The summed E-state index contributed by atoms with van der Waals surface area (Å²) in [5.74, 6) is -0.875. The standard InChI is InChI=1S/C14H23N3O3S/c1-5-17(6-7-20-4)14-9(13(16)19)10(15)12(21-14)11(18)8(2)3/h8H,5-7,15H2,1-4H3,(H2,16,19). The molecular weight excluding hydrogens is 290 g/mol. The molecule has 0 aliphatic heterocycles. The number of likely N-dealkylation sites (N-methyl/N-ethyl adjacent to an activating group) is 1. The minimum Gasteiger partial charge on any atom is -0.397 e. The number of nitrogens with zero attached hydrogens (tertiary/aromatic N) is 1. The molecule has 1 aromatic rings. The van der Waals surface area contributed by atoms with Gasteiger partial charge in [-0.25, -0.2) is 0 Å².